The van der Waals surface area contributed by atoms with Crippen LogP contribution >= 0.6 is 11.3 Å². The molecule has 0 unspecified atom stereocenters. The summed E-state index contributed by atoms with van der Waals surface area (Å²) >= 11 is 1.62. The van der Waals surface area contributed by atoms with Crippen LogP contribution in [0.4, 0.5) is 0 Å². The molecule has 0 aliphatic carbocycles. The minimum Gasteiger partial charge on any atom is -0.338 e. The lowest BCUT2D eigenvalue weighted by Crippen LogP contribution is -2.34. The molecular weight excluding hydrogens is 310 g/mol. The van der Waals surface area contributed by atoms with Gasteiger partial charge in [-0.25, -0.2) is 4.98 Å². The molecule has 1 fully saturated rings. The zero-order valence-electron chi connectivity index (χ0n) is 13.1. The summed E-state index contributed by atoms with van der Waals surface area (Å²) < 4.78 is 7.57. The number of hydrogen-bond acceptors (Lipinski definition) is 6. The molecule has 3 aromatic rings. The van der Waals surface area contributed by atoms with Gasteiger partial charge in [0.25, 0.3) is 0 Å². The van der Waals surface area contributed by atoms with Crippen molar-refractivity contribution in [2.24, 2.45) is 7.05 Å². The minimum atomic E-state index is 0.320. The van der Waals surface area contributed by atoms with Crippen LogP contribution in [-0.2, 0) is 13.6 Å². The molecule has 1 aliphatic rings. The molecule has 120 valence electrons. The summed E-state index contributed by atoms with van der Waals surface area (Å²) in [6, 6.07) is 4.33. The number of rotatable bonds is 4. The van der Waals surface area contributed by atoms with Gasteiger partial charge in [0.15, 0.2) is 0 Å². The average molecular weight is 329 g/mol. The molecule has 0 bridgehead atoms. The Morgan fingerprint density at radius 3 is 3.13 bits per heavy atom. The Hall–Kier alpha value is -1.99. The zero-order chi connectivity index (χ0) is 15.6. The monoisotopic (exact) mass is 329 g/mol. The molecule has 0 saturated carbocycles. The molecule has 23 heavy (non-hydrogen) atoms. The molecule has 0 N–H and O–H groups in total. The Morgan fingerprint density at radius 2 is 2.35 bits per heavy atom. The molecule has 3 aromatic heterocycles. The highest BCUT2D eigenvalue weighted by Gasteiger charge is 2.28. The standard InChI is InChI=1S/C16H19N5OS/c1-20-9-7-17-16(20)12-5-2-3-8-21(12)11-14-18-15(19-22-14)13-6-4-10-23-13/h4,6-7,9-10,12H,2-3,5,8,11H2,1H3/t12-/m0/s1. The van der Waals surface area contributed by atoms with E-state index < -0.39 is 0 Å². The number of piperidine rings is 1. The molecule has 0 radical (unpaired) electrons. The number of aryl methyl sites for hydroxylation is 1. The van der Waals surface area contributed by atoms with Gasteiger partial charge in [-0.2, -0.15) is 4.98 Å². The summed E-state index contributed by atoms with van der Waals surface area (Å²) in [6.45, 7) is 1.71. The van der Waals surface area contributed by atoms with Gasteiger partial charge < -0.3 is 9.09 Å². The molecule has 1 atom stereocenters. The van der Waals surface area contributed by atoms with E-state index in [1.165, 1.54) is 12.8 Å². The number of thiophene rings is 1. The third-order valence-electron chi connectivity index (χ3n) is 4.32. The number of nitrogens with zero attached hydrogens (tertiary/aromatic N) is 5. The highest BCUT2D eigenvalue weighted by molar-refractivity contribution is 7.13. The van der Waals surface area contributed by atoms with Crippen LogP contribution < -0.4 is 0 Å². The van der Waals surface area contributed by atoms with Crippen molar-refractivity contribution >= 4 is 11.3 Å². The van der Waals surface area contributed by atoms with Crippen LogP contribution in [0.1, 0.15) is 37.0 Å². The fourth-order valence-electron chi connectivity index (χ4n) is 3.17. The second kappa shape index (κ2) is 6.25. The first kappa shape index (κ1) is 14.6. The van der Waals surface area contributed by atoms with Crippen molar-refractivity contribution in [3.63, 3.8) is 0 Å². The maximum atomic E-state index is 5.46. The molecule has 0 amide bonds. The van der Waals surface area contributed by atoms with Gasteiger partial charge in [-0.3, -0.25) is 4.90 Å². The summed E-state index contributed by atoms with van der Waals surface area (Å²) in [5.74, 6) is 2.47. The molecule has 0 aromatic carbocycles. The van der Waals surface area contributed by atoms with Gasteiger partial charge in [0, 0.05) is 19.4 Å². The maximum Gasteiger partial charge on any atom is 0.241 e. The van der Waals surface area contributed by atoms with E-state index in [4.69, 9.17) is 4.52 Å². The molecular formula is C16H19N5OS. The van der Waals surface area contributed by atoms with Crippen molar-refractivity contribution in [3.05, 3.63) is 41.6 Å². The molecule has 6 nitrogen and oxygen atoms in total. The highest BCUT2D eigenvalue weighted by atomic mass is 32.1. The largest absolute Gasteiger partial charge is 0.338 e. The smallest absolute Gasteiger partial charge is 0.241 e. The SMILES string of the molecule is Cn1ccnc1[C@@H]1CCCCN1Cc1nc(-c2cccs2)no1. The summed E-state index contributed by atoms with van der Waals surface area (Å²) in [6.07, 6.45) is 7.43. The van der Waals surface area contributed by atoms with Crippen molar-refractivity contribution in [2.75, 3.05) is 6.54 Å². The van der Waals surface area contributed by atoms with E-state index in [-0.39, 0.29) is 0 Å². The van der Waals surface area contributed by atoms with Crippen LogP contribution in [0.15, 0.2) is 34.4 Å². The van der Waals surface area contributed by atoms with Crippen molar-refractivity contribution in [1.82, 2.24) is 24.6 Å². The fraction of sp³-hybridized carbons (Fsp3) is 0.438. The van der Waals surface area contributed by atoms with Crippen molar-refractivity contribution in [2.45, 2.75) is 31.8 Å². The lowest BCUT2D eigenvalue weighted by molar-refractivity contribution is 0.116. The van der Waals surface area contributed by atoms with Crippen LogP contribution in [0.5, 0.6) is 0 Å². The third kappa shape index (κ3) is 2.94. The maximum absolute atomic E-state index is 5.46. The van der Waals surface area contributed by atoms with Gasteiger partial charge in [-0.15, -0.1) is 11.3 Å². The van der Waals surface area contributed by atoms with Crippen molar-refractivity contribution < 1.29 is 4.52 Å². The van der Waals surface area contributed by atoms with Crippen LogP contribution in [-0.4, -0.2) is 31.1 Å². The van der Waals surface area contributed by atoms with Crippen LogP contribution in [0, 0.1) is 0 Å². The first-order chi connectivity index (χ1) is 11.3. The van der Waals surface area contributed by atoms with E-state index in [1.807, 2.05) is 29.9 Å². The van der Waals surface area contributed by atoms with Gasteiger partial charge >= 0.3 is 0 Å². The van der Waals surface area contributed by atoms with E-state index in [1.54, 1.807) is 11.3 Å². The van der Waals surface area contributed by atoms with Crippen molar-refractivity contribution in [1.29, 1.82) is 0 Å². The van der Waals surface area contributed by atoms with E-state index in [9.17, 15) is 0 Å². The molecule has 0 spiro atoms. The van der Waals surface area contributed by atoms with Crippen LogP contribution in [0.3, 0.4) is 0 Å². The van der Waals surface area contributed by atoms with Gasteiger partial charge in [0.1, 0.15) is 5.82 Å². The Labute approximate surface area is 138 Å². The highest BCUT2D eigenvalue weighted by Crippen LogP contribution is 2.31. The second-order valence-corrected chi connectivity index (χ2v) is 6.82. The molecule has 4 rings (SSSR count). The topological polar surface area (TPSA) is 60.0 Å². The first-order valence-electron chi connectivity index (χ1n) is 7.89. The first-order valence-corrected chi connectivity index (χ1v) is 8.77. The normalized spacial score (nSPS) is 19.3. The summed E-state index contributed by atoms with van der Waals surface area (Å²) in [7, 11) is 2.05. The molecule has 1 saturated heterocycles. The Balaban J connectivity index is 1.53. The van der Waals surface area contributed by atoms with Gasteiger partial charge in [0.05, 0.1) is 17.5 Å². The van der Waals surface area contributed by atoms with Crippen LogP contribution in [0.25, 0.3) is 10.7 Å². The van der Waals surface area contributed by atoms with Gasteiger partial charge in [-0.1, -0.05) is 17.6 Å². The predicted molar refractivity (Wildman–Crippen MR) is 87.8 cm³/mol. The second-order valence-electron chi connectivity index (χ2n) is 5.87. The summed E-state index contributed by atoms with van der Waals surface area (Å²) in [5, 5.41) is 6.13. The minimum absolute atomic E-state index is 0.320. The predicted octanol–water partition coefficient (Wildman–Crippen LogP) is 3.26. The number of hydrogen-bond donors (Lipinski definition) is 0. The zero-order valence-corrected chi connectivity index (χ0v) is 13.9. The van der Waals surface area contributed by atoms with Gasteiger partial charge in [0.2, 0.25) is 11.7 Å². The quantitative estimate of drug-likeness (QED) is 0.735. The fourth-order valence-corrected chi connectivity index (χ4v) is 3.82. The average Bonchev–Trinajstić information content (AvgIpc) is 3.29. The number of imidazole rings is 1. The van der Waals surface area contributed by atoms with Gasteiger partial charge in [-0.05, 0) is 30.8 Å². The van der Waals surface area contributed by atoms with Crippen molar-refractivity contribution in [3.8, 4) is 10.7 Å². The molecule has 1 aliphatic heterocycles. The number of aromatic nitrogens is 4. The van der Waals surface area contributed by atoms with E-state index in [2.05, 4.69) is 31.6 Å². The summed E-state index contributed by atoms with van der Waals surface area (Å²) in [4.78, 5) is 12.5. The Morgan fingerprint density at radius 1 is 1.39 bits per heavy atom. The Bertz CT molecular complexity index is 763. The van der Waals surface area contributed by atoms with E-state index in [0.29, 0.717) is 24.3 Å². The third-order valence-corrected chi connectivity index (χ3v) is 5.18. The lowest BCUT2D eigenvalue weighted by Gasteiger charge is -2.34. The summed E-state index contributed by atoms with van der Waals surface area (Å²) in [5.41, 5.74) is 0. The van der Waals surface area contributed by atoms with E-state index >= 15 is 0 Å². The molecule has 4 heterocycles. The van der Waals surface area contributed by atoms with Crippen LogP contribution in [0.2, 0.25) is 0 Å². The lowest BCUT2D eigenvalue weighted by atomic mass is 10.0. The molecule has 7 heteroatoms. The number of likely N-dealkylation sites (tertiary alicyclic amines) is 1. The van der Waals surface area contributed by atoms with E-state index in [0.717, 1.165) is 23.7 Å². The Kier molecular flexibility index (Phi) is 3.97.